The summed E-state index contributed by atoms with van der Waals surface area (Å²) in [5.74, 6) is -1.86. The van der Waals surface area contributed by atoms with E-state index < -0.39 is 18.1 Å². The average molecular weight is 836 g/mol. The fraction of sp³-hybridized carbons (Fsp3) is 0.635. The smallest absolute Gasteiger partial charge is 0.306 e. The van der Waals surface area contributed by atoms with E-state index in [1.165, 1.54) is 38.5 Å². The van der Waals surface area contributed by atoms with Gasteiger partial charge < -0.3 is 28.6 Å². The van der Waals surface area contributed by atoms with Gasteiger partial charge in [-0.25, -0.2) is 0 Å². The summed E-state index contributed by atoms with van der Waals surface area (Å²) < 4.78 is 17.1. The number of unbranched alkanes of at least 4 members (excludes halogenated alkanes) is 10. The van der Waals surface area contributed by atoms with Gasteiger partial charge in [0.15, 0.2) is 6.10 Å². The van der Waals surface area contributed by atoms with Crippen LogP contribution in [0, 0.1) is 0 Å². The number of likely N-dealkylation sites (N-methyl/N-ethyl adjacent to an activating group) is 1. The fourth-order valence-corrected chi connectivity index (χ4v) is 6.11. The molecule has 0 N–H and O–H groups in total. The minimum Gasteiger partial charge on any atom is -0.544 e. The molecule has 0 aliphatic rings. The molecule has 340 valence electrons. The van der Waals surface area contributed by atoms with Crippen LogP contribution in [-0.4, -0.2) is 75.5 Å². The first-order valence-corrected chi connectivity index (χ1v) is 23.3. The zero-order valence-electron chi connectivity index (χ0n) is 38.6. The minimum atomic E-state index is -1.14. The van der Waals surface area contributed by atoms with Crippen LogP contribution in [0.2, 0.25) is 0 Å². The number of nitrogens with zero attached hydrogens (tertiary/aromatic N) is 1. The van der Waals surface area contributed by atoms with Gasteiger partial charge in [-0.2, -0.15) is 0 Å². The Balaban J connectivity index is 4.48. The van der Waals surface area contributed by atoms with Gasteiger partial charge in [0, 0.05) is 19.3 Å². The van der Waals surface area contributed by atoms with Gasteiger partial charge in [0.2, 0.25) is 0 Å². The topological polar surface area (TPSA) is 102 Å². The largest absolute Gasteiger partial charge is 0.544 e. The highest BCUT2D eigenvalue weighted by molar-refractivity contribution is 5.70. The zero-order valence-corrected chi connectivity index (χ0v) is 38.6. The third kappa shape index (κ3) is 39.7. The second-order valence-corrected chi connectivity index (χ2v) is 16.3. The van der Waals surface area contributed by atoms with Crippen LogP contribution in [0.3, 0.4) is 0 Å². The van der Waals surface area contributed by atoms with E-state index in [4.69, 9.17) is 14.2 Å². The monoisotopic (exact) mass is 836 g/mol. The maximum atomic E-state index is 12.7. The molecule has 0 fully saturated rings. The fourth-order valence-electron chi connectivity index (χ4n) is 6.11. The normalized spacial score (nSPS) is 13.8. The quantitative estimate of drug-likeness (QED) is 0.0262. The summed E-state index contributed by atoms with van der Waals surface area (Å²) in [5.41, 5.74) is 0. The first kappa shape index (κ1) is 56.2. The lowest BCUT2D eigenvalue weighted by atomic mass is 10.1. The molecule has 0 aromatic carbocycles. The Hall–Kier alpha value is -3.75. The van der Waals surface area contributed by atoms with Gasteiger partial charge in [-0.1, -0.05) is 150 Å². The van der Waals surface area contributed by atoms with Crippen molar-refractivity contribution >= 4 is 17.9 Å². The van der Waals surface area contributed by atoms with Crippen LogP contribution in [0.15, 0.2) is 97.2 Å². The molecule has 60 heavy (non-hydrogen) atoms. The molecule has 0 radical (unpaired) electrons. The van der Waals surface area contributed by atoms with Crippen LogP contribution in [0.5, 0.6) is 0 Å². The number of hydrogen-bond acceptors (Lipinski definition) is 7. The molecule has 0 aromatic rings. The summed E-state index contributed by atoms with van der Waals surface area (Å²) >= 11 is 0. The Labute approximate surface area is 366 Å². The van der Waals surface area contributed by atoms with Crippen molar-refractivity contribution in [3.8, 4) is 0 Å². The van der Waals surface area contributed by atoms with E-state index in [1.807, 2.05) is 0 Å². The summed E-state index contributed by atoms with van der Waals surface area (Å²) in [4.78, 5) is 36.9. The number of carboxylic acids is 1. The summed E-state index contributed by atoms with van der Waals surface area (Å²) in [7, 11) is 5.37. The molecule has 2 atom stereocenters. The van der Waals surface area contributed by atoms with Crippen molar-refractivity contribution in [1.29, 1.82) is 0 Å². The van der Waals surface area contributed by atoms with E-state index in [0.717, 1.165) is 83.5 Å². The van der Waals surface area contributed by atoms with E-state index in [2.05, 4.69) is 111 Å². The third-order valence-electron chi connectivity index (χ3n) is 9.70. The summed E-state index contributed by atoms with van der Waals surface area (Å²) in [6.07, 6.45) is 55.8. The highest BCUT2D eigenvalue weighted by Crippen LogP contribution is 2.11. The Bertz CT molecular complexity index is 1300. The number of hydrogen-bond donors (Lipinski definition) is 0. The van der Waals surface area contributed by atoms with E-state index >= 15 is 0 Å². The van der Waals surface area contributed by atoms with Crippen LogP contribution in [0.25, 0.3) is 0 Å². The second kappa shape index (κ2) is 42.0. The van der Waals surface area contributed by atoms with Gasteiger partial charge in [-0.15, -0.1) is 0 Å². The molecule has 2 unspecified atom stereocenters. The number of carbonyl (C=O) groups is 3. The first-order valence-electron chi connectivity index (χ1n) is 23.3. The molecule has 8 heteroatoms. The van der Waals surface area contributed by atoms with Gasteiger partial charge in [-0.05, 0) is 89.9 Å². The molecule has 0 aliphatic heterocycles. The number of quaternary nitrogens is 1. The number of rotatable bonds is 40. The molecule has 0 bridgehead atoms. The van der Waals surface area contributed by atoms with Crippen LogP contribution >= 0.6 is 0 Å². The lowest BCUT2D eigenvalue weighted by Crippen LogP contribution is -2.55. The van der Waals surface area contributed by atoms with Crippen molar-refractivity contribution in [3.63, 3.8) is 0 Å². The van der Waals surface area contributed by atoms with Crippen molar-refractivity contribution < 1.29 is 38.2 Å². The summed E-state index contributed by atoms with van der Waals surface area (Å²) in [6.45, 7) is 4.43. The number of carboxylic acid groups (broad SMARTS) is 1. The molecule has 8 nitrogen and oxygen atoms in total. The predicted octanol–water partition coefficient (Wildman–Crippen LogP) is 11.7. The standard InChI is InChI=1S/C52H85NO7/c1-6-8-10-12-14-16-18-20-22-24-25-27-28-30-32-34-36-38-40-42-50(54)59-47-48(46-58-45-44-49(52(56)57)53(3,4)5)60-51(55)43-41-39-37-35-33-31-29-26-23-21-19-17-15-13-11-9-7-2/h8,10,14,16,20-23,25,27,29-32,35,37,48-49H,6-7,9,11-13,15,17-19,24,26,28,33-34,36,38-47H2,1-5H3/b10-8+,16-14+,22-20+,23-21+,27-25+,31-29+,32-30+,37-35+. The van der Waals surface area contributed by atoms with Crippen LogP contribution < -0.4 is 5.11 Å². The molecular formula is C52H85NO7. The van der Waals surface area contributed by atoms with Crippen molar-refractivity contribution in [2.45, 2.75) is 174 Å². The predicted molar refractivity (Wildman–Crippen MR) is 249 cm³/mol. The lowest BCUT2D eigenvalue weighted by Gasteiger charge is -2.34. The molecule has 0 spiro atoms. The van der Waals surface area contributed by atoms with Crippen molar-refractivity contribution in [3.05, 3.63) is 97.2 Å². The van der Waals surface area contributed by atoms with E-state index in [0.29, 0.717) is 12.8 Å². The van der Waals surface area contributed by atoms with E-state index in [1.54, 1.807) is 21.1 Å². The molecule has 0 aromatic heterocycles. The molecule has 0 rings (SSSR count). The van der Waals surface area contributed by atoms with E-state index in [-0.39, 0.29) is 49.1 Å². The number of allylic oxidation sites excluding steroid dienone is 16. The van der Waals surface area contributed by atoms with Gasteiger partial charge in [-0.3, -0.25) is 9.59 Å². The van der Waals surface area contributed by atoms with Crippen molar-refractivity contribution in [2.75, 3.05) is 41.0 Å². The van der Waals surface area contributed by atoms with Gasteiger partial charge in [0.05, 0.1) is 40.3 Å². The third-order valence-corrected chi connectivity index (χ3v) is 9.70. The lowest BCUT2D eigenvalue weighted by molar-refractivity contribution is -0.889. The minimum absolute atomic E-state index is 0.00362. The van der Waals surface area contributed by atoms with E-state index in [9.17, 15) is 19.5 Å². The maximum Gasteiger partial charge on any atom is 0.306 e. The van der Waals surface area contributed by atoms with Crippen molar-refractivity contribution in [1.82, 2.24) is 0 Å². The maximum absolute atomic E-state index is 12.7. The SMILES string of the molecule is CC/C=C/C/C=C/C/C=C/C/C=C/C/C=C/CCCCCC(=O)OCC(COCCC(C(=O)[O-])[N+](C)(C)C)OC(=O)CCC/C=C/C/C=C/C/C=C/CCCCCCCC. The molecule has 0 amide bonds. The summed E-state index contributed by atoms with van der Waals surface area (Å²) in [5, 5.41) is 11.6. The van der Waals surface area contributed by atoms with Gasteiger partial charge in [0.25, 0.3) is 0 Å². The number of esters is 2. The molecule has 0 heterocycles. The van der Waals surface area contributed by atoms with Gasteiger partial charge in [0.1, 0.15) is 12.6 Å². The van der Waals surface area contributed by atoms with Crippen molar-refractivity contribution in [2.24, 2.45) is 0 Å². The molecule has 0 saturated heterocycles. The van der Waals surface area contributed by atoms with Gasteiger partial charge >= 0.3 is 11.9 Å². The Kier molecular flexibility index (Phi) is 39.3. The first-order chi connectivity index (χ1) is 29.1. The highest BCUT2D eigenvalue weighted by Gasteiger charge is 2.25. The average Bonchev–Trinajstić information content (AvgIpc) is 3.21. The molecule has 0 saturated carbocycles. The summed E-state index contributed by atoms with van der Waals surface area (Å²) in [6, 6.07) is -0.745. The number of ether oxygens (including phenoxy) is 3. The number of aliphatic carboxylic acids is 1. The number of carbonyl (C=O) groups excluding carboxylic acids is 3. The second-order valence-electron chi connectivity index (χ2n) is 16.3. The highest BCUT2D eigenvalue weighted by atomic mass is 16.6. The molecule has 0 aliphatic carbocycles. The van der Waals surface area contributed by atoms with Crippen LogP contribution in [0.4, 0.5) is 0 Å². The van der Waals surface area contributed by atoms with Crippen LogP contribution in [0.1, 0.15) is 162 Å². The molecular weight excluding hydrogens is 751 g/mol. The Morgan fingerprint density at radius 2 is 0.950 bits per heavy atom. The van der Waals surface area contributed by atoms with Crippen LogP contribution in [-0.2, 0) is 28.6 Å². The zero-order chi connectivity index (χ0) is 44.2. The Morgan fingerprint density at radius 3 is 1.43 bits per heavy atom. The Morgan fingerprint density at radius 1 is 0.517 bits per heavy atom.